The summed E-state index contributed by atoms with van der Waals surface area (Å²) in [5.41, 5.74) is 0. The Balaban J connectivity index is 2.24. The van der Waals surface area contributed by atoms with Crippen LogP contribution in [0, 0.1) is 0 Å². The highest BCUT2D eigenvalue weighted by Crippen LogP contribution is 2.38. The molecule has 0 bridgehead atoms. The SMILES string of the molecule is CCCCCc1nnc(S(=O)(=O)F)n1C1CC1. The number of rotatable bonds is 6. The van der Waals surface area contributed by atoms with Gasteiger partial charge in [0.25, 0.3) is 5.16 Å². The number of hydrogen-bond donors (Lipinski definition) is 0. The smallest absolute Gasteiger partial charge is 0.296 e. The van der Waals surface area contributed by atoms with E-state index in [9.17, 15) is 12.3 Å². The van der Waals surface area contributed by atoms with Gasteiger partial charge in [-0.3, -0.25) is 4.57 Å². The van der Waals surface area contributed by atoms with Crippen LogP contribution < -0.4 is 0 Å². The van der Waals surface area contributed by atoms with Gasteiger partial charge in [-0.1, -0.05) is 23.7 Å². The standard InChI is InChI=1S/C10H16FN3O2S/c1-2-3-4-5-9-12-13-10(17(11,15)16)14(9)8-6-7-8/h8H,2-7H2,1H3. The lowest BCUT2D eigenvalue weighted by atomic mass is 10.2. The second-order valence-electron chi connectivity index (χ2n) is 4.39. The molecule has 17 heavy (non-hydrogen) atoms. The van der Waals surface area contributed by atoms with Crippen molar-refractivity contribution >= 4 is 10.2 Å². The maximum Gasteiger partial charge on any atom is 0.368 e. The van der Waals surface area contributed by atoms with Gasteiger partial charge in [0, 0.05) is 12.5 Å². The van der Waals surface area contributed by atoms with Crippen LogP contribution in [0.1, 0.15) is 50.9 Å². The Kier molecular flexibility index (Phi) is 3.46. The predicted octanol–water partition coefficient (Wildman–Crippen LogP) is 2.00. The topological polar surface area (TPSA) is 64.8 Å². The summed E-state index contributed by atoms with van der Waals surface area (Å²) in [5, 5.41) is 6.77. The van der Waals surface area contributed by atoms with Gasteiger partial charge in [0.1, 0.15) is 5.82 Å². The Labute approximate surface area is 100 Å². The highest BCUT2D eigenvalue weighted by Gasteiger charge is 2.34. The molecule has 0 aliphatic heterocycles. The summed E-state index contributed by atoms with van der Waals surface area (Å²) in [7, 11) is -4.76. The normalized spacial score (nSPS) is 16.4. The number of hydrogen-bond acceptors (Lipinski definition) is 4. The number of aryl methyl sites for hydroxylation is 1. The Bertz CT molecular complexity index is 494. The lowest BCUT2D eigenvalue weighted by Crippen LogP contribution is -2.08. The molecule has 0 unspecified atom stereocenters. The molecule has 96 valence electrons. The summed E-state index contributed by atoms with van der Waals surface area (Å²) >= 11 is 0. The van der Waals surface area contributed by atoms with Gasteiger partial charge in [-0.05, 0) is 19.3 Å². The monoisotopic (exact) mass is 261 g/mol. The molecule has 1 saturated carbocycles. The fraction of sp³-hybridized carbons (Fsp3) is 0.800. The molecule has 1 aliphatic carbocycles. The Hall–Kier alpha value is -0.980. The molecule has 1 heterocycles. The number of aromatic nitrogens is 3. The van der Waals surface area contributed by atoms with E-state index in [1.807, 2.05) is 0 Å². The van der Waals surface area contributed by atoms with Gasteiger partial charge < -0.3 is 0 Å². The average molecular weight is 261 g/mol. The second-order valence-corrected chi connectivity index (χ2v) is 5.64. The van der Waals surface area contributed by atoms with Crippen molar-refractivity contribution in [2.75, 3.05) is 0 Å². The third-order valence-electron chi connectivity index (χ3n) is 2.87. The molecule has 0 amide bonds. The second kappa shape index (κ2) is 4.72. The quantitative estimate of drug-likeness (QED) is 0.580. The van der Waals surface area contributed by atoms with Crippen molar-refractivity contribution in [1.29, 1.82) is 0 Å². The van der Waals surface area contributed by atoms with E-state index in [-0.39, 0.29) is 6.04 Å². The van der Waals surface area contributed by atoms with E-state index in [1.54, 1.807) is 0 Å². The highest BCUT2D eigenvalue weighted by molar-refractivity contribution is 7.86. The lowest BCUT2D eigenvalue weighted by molar-refractivity contribution is 0.517. The molecule has 0 aromatic carbocycles. The molecule has 0 atom stereocenters. The van der Waals surface area contributed by atoms with E-state index < -0.39 is 15.4 Å². The fourth-order valence-electron chi connectivity index (χ4n) is 1.88. The fourth-order valence-corrected chi connectivity index (χ4v) is 2.50. The molecule has 1 aliphatic rings. The van der Waals surface area contributed by atoms with Crippen LogP contribution in [-0.4, -0.2) is 23.2 Å². The largest absolute Gasteiger partial charge is 0.368 e. The predicted molar refractivity (Wildman–Crippen MR) is 59.8 cm³/mol. The summed E-state index contributed by atoms with van der Waals surface area (Å²) < 4.78 is 36.4. The number of nitrogens with zero attached hydrogens (tertiary/aromatic N) is 3. The lowest BCUT2D eigenvalue weighted by Gasteiger charge is -2.06. The number of unbranched alkanes of at least 4 members (excludes halogenated alkanes) is 2. The Morgan fingerprint density at radius 1 is 1.35 bits per heavy atom. The van der Waals surface area contributed by atoms with Gasteiger partial charge in [0.2, 0.25) is 0 Å². The van der Waals surface area contributed by atoms with Gasteiger partial charge in [0.05, 0.1) is 0 Å². The zero-order valence-electron chi connectivity index (χ0n) is 9.76. The molecule has 0 spiro atoms. The zero-order chi connectivity index (χ0) is 12.5. The van der Waals surface area contributed by atoms with Crippen LogP contribution in [0.2, 0.25) is 0 Å². The van der Waals surface area contributed by atoms with Crippen molar-refractivity contribution in [3.05, 3.63) is 5.82 Å². The molecule has 1 aromatic heterocycles. The summed E-state index contributed by atoms with van der Waals surface area (Å²) in [6.45, 7) is 2.09. The third-order valence-corrected chi connectivity index (χ3v) is 3.58. The van der Waals surface area contributed by atoms with Crippen molar-refractivity contribution in [3.63, 3.8) is 0 Å². The van der Waals surface area contributed by atoms with Crippen molar-refractivity contribution in [1.82, 2.24) is 14.8 Å². The maximum absolute atomic E-state index is 13.0. The highest BCUT2D eigenvalue weighted by atomic mass is 32.3. The van der Waals surface area contributed by atoms with E-state index in [4.69, 9.17) is 0 Å². The minimum Gasteiger partial charge on any atom is -0.296 e. The van der Waals surface area contributed by atoms with Gasteiger partial charge in [-0.25, -0.2) is 0 Å². The van der Waals surface area contributed by atoms with Crippen LogP contribution in [0.3, 0.4) is 0 Å². The number of halogens is 1. The van der Waals surface area contributed by atoms with Crippen molar-refractivity contribution in [2.24, 2.45) is 0 Å². The van der Waals surface area contributed by atoms with Gasteiger partial charge in [0.15, 0.2) is 0 Å². The van der Waals surface area contributed by atoms with E-state index >= 15 is 0 Å². The van der Waals surface area contributed by atoms with Crippen LogP contribution >= 0.6 is 0 Å². The van der Waals surface area contributed by atoms with E-state index in [2.05, 4.69) is 17.1 Å². The maximum atomic E-state index is 13.0. The van der Waals surface area contributed by atoms with Gasteiger partial charge in [-0.2, -0.15) is 8.42 Å². The minimum absolute atomic E-state index is 0.0714. The molecule has 2 rings (SSSR count). The molecule has 0 N–H and O–H groups in total. The van der Waals surface area contributed by atoms with Gasteiger partial charge >= 0.3 is 10.2 Å². The summed E-state index contributed by atoms with van der Waals surface area (Å²) in [4.78, 5) is 0. The first-order valence-corrected chi connectivity index (χ1v) is 7.31. The molecule has 7 heteroatoms. The molecule has 5 nitrogen and oxygen atoms in total. The van der Waals surface area contributed by atoms with Crippen LogP contribution in [0.25, 0.3) is 0 Å². The van der Waals surface area contributed by atoms with Crippen molar-refractivity contribution in [3.8, 4) is 0 Å². The first-order chi connectivity index (χ1) is 8.04. The van der Waals surface area contributed by atoms with Crippen LogP contribution in [0.4, 0.5) is 3.89 Å². The summed E-state index contributed by atoms with van der Waals surface area (Å²) in [6, 6.07) is 0.0714. The molecular formula is C10H16FN3O2S. The van der Waals surface area contributed by atoms with Crippen molar-refractivity contribution in [2.45, 2.75) is 56.6 Å². The van der Waals surface area contributed by atoms with Crippen LogP contribution in [0.15, 0.2) is 5.16 Å². The molecule has 0 radical (unpaired) electrons. The molecular weight excluding hydrogens is 245 g/mol. The molecule has 0 saturated heterocycles. The van der Waals surface area contributed by atoms with Crippen molar-refractivity contribution < 1.29 is 12.3 Å². The Morgan fingerprint density at radius 2 is 2.06 bits per heavy atom. The first-order valence-electron chi connectivity index (χ1n) is 5.92. The van der Waals surface area contributed by atoms with Crippen LogP contribution in [-0.2, 0) is 16.6 Å². The van der Waals surface area contributed by atoms with E-state index in [0.29, 0.717) is 12.2 Å². The minimum atomic E-state index is -4.76. The first kappa shape index (κ1) is 12.5. The molecule has 1 fully saturated rings. The van der Waals surface area contributed by atoms with Gasteiger partial charge in [-0.15, -0.1) is 10.2 Å². The zero-order valence-corrected chi connectivity index (χ0v) is 10.6. The average Bonchev–Trinajstić information content (AvgIpc) is 2.98. The molecule has 1 aromatic rings. The Morgan fingerprint density at radius 3 is 2.59 bits per heavy atom. The van der Waals surface area contributed by atoms with E-state index in [1.165, 1.54) is 4.57 Å². The van der Waals surface area contributed by atoms with Crippen LogP contribution in [0.5, 0.6) is 0 Å². The summed E-state index contributed by atoms with van der Waals surface area (Å²) in [6.07, 6.45) is 5.46. The summed E-state index contributed by atoms with van der Waals surface area (Å²) in [5.74, 6) is 0.595. The van der Waals surface area contributed by atoms with E-state index in [0.717, 1.165) is 32.1 Å². The third kappa shape index (κ3) is 2.83.